The zero-order valence-electron chi connectivity index (χ0n) is 11.1. The number of rotatable bonds is 4. The van der Waals surface area contributed by atoms with Crippen LogP contribution in [0.3, 0.4) is 0 Å². The molecule has 0 saturated heterocycles. The molecular weight excluding hydrogens is 276 g/mol. The first-order valence-electron chi connectivity index (χ1n) is 6.04. The van der Waals surface area contributed by atoms with Crippen molar-refractivity contribution in [1.29, 1.82) is 0 Å². The van der Waals surface area contributed by atoms with Crippen LogP contribution in [0, 0.1) is 11.7 Å². The van der Waals surface area contributed by atoms with Gasteiger partial charge in [-0.3, -0.25) is 4.79 Å². The average Bonchev–Trinajstić information content (AvgIpc) is 2.34. The summed E-state index contributed by atoms with van der Waals surface area (Å²) in [5.41, 5.74) is 3.76. The summed E-state index contributed by atoms with van der Waals surface area (Å²) in [6, 6.07) is 1.78. The molecule has 3 N–H and O–H groups in total. The molecule has 7 heteroatoms. The summed E-state index contributed by atoms with van der Waals surface area (Å²) < 4.78 is 50.8. The van der Waals surface area contributed by atoms with Gasteiger partial charge in [-0.1, -0.05) is 13.8 Å². The molecule has 3 nitrogen and oxygen atoms in total. The van der Waals surface area contributed by atoms with Gasteiger partial charge in [0.2, 0.25) is 0 Å². The van der Waals surface area contributed by atoms with Crippen LogP contribution in [0.5, 0.6) is 0 Å². The standard InChI is InChI=1S/C13H16F4N2O/c1-7(2)11(6-18)19-12(20)8-3-4-10(14)9(5-8)13(15,16)17/h3-5,7,11H,6,18H2,1-2H3,(H,19,20). The third-order valence-electron chi connectivity index (χ3n) is 2.91. The Hall–Kier alpha value is -1.63. The van der Waals surface area contributed by atoms with E-state index in [-0.39, 0.29) is 24.1 Å². The van der Waals surface area contributed by atoms with E-state index in [9.17, 15) is 22.4 Å². The molecule has 1 aromatic carbocycles. The molecule has 0 heterocycles. The lowest BCUT2D eigenvalue weighted by atomic mass is 10.0. The van der Waals surface area contributed by atoms with Crippen LogP contribution in [0.25, 0.3) is 0 Å². The van der Waals surface area contributed by atoms with E-state index < -0.39 is 23.5 Å². The van der Waals surface area contributed by atoms with Gasteiger partial charge in [0.1, 0.15) is 5.82 Å². The summed E-state index contributed by atoms with van der Waals surface area (Å²) in [4.78, 5) is 11.9. The molecule has 0 fully saturated rings. The highest BCUT2D eigenvalue weighted by molar-refractivity contribution is 5.94. The van der Waals surface area contributed by atoms with Crippen molar-refractivity contribution < 1.29 is 22.4 Å². The van der Waals surface area contributed by atoms with Crippen molar-refractivity contribution in [3.63, 3.8) is 0 Å². The Morgan fingerprint density at radius 3 is 2.40 bits per heavy atom. The Bertz CT molecular complexity index is 486. The van der Waals surface area contributed by atoms with Crippen molar-refractivity contribution in [3.8, 4) is 0 Å². The van der Waals surface area contributed by atoms with Gasteiger partial charge in [-0.05, 0) is 24.1 Å². The van der Waals surface area contributed by atoms with E-state index >= 15 is 0 Å². The van der Waals surface area contributed by atoms with Crippen LogP contribution in [-0.4, -0.2) is 18.5 Å². The monoisotopic (exact) mass is 292 g/mol. The van der Waals surface area contributed by atoms with Gasteiger partial charge in [0.05, 0.1) is 5.56 Å². The lowest BCUT2D eigenvalue weighted by molar-refractivity contribution is -0.140. The van der Waals surface area contributed by atoms with Crippen molar-refractivity contribution in [2.75, 3.05) is 6.54 Å². The normalized spacial score (nSPS) is 13.4. The Kier molecular flexibility index (Phi) is 5.10. The van der Waals surface area contributed by atoms with E-state index in [2.05, 4.69) is 5.32 Å². The molecule has 0 radical (unpaired) electrons. The van der Waals surface area contributed by atoms with Gasteiger partial charge in [0.25, 0.3) is 5.91 Å². The lowest BCUT2D eigenvalue weighted by Crippen LogP contribution is -2.43. The summed E-state index contributed by atoms with van der Waals surface area (Å²) in [6.07, 6.45) is -4.84. The van der Waals surface area contributed by atoms with Gasteiger partial charge in [0, 0.05) is 18.2 Å². The summed E-state index contributed by atoms with van der Waals surface area (Å²) in [5, 5.41) is 2.53. The van der Waals surface area contributed by atoms with Gasteiger partial charge in [-0.25, -0.2) is 4.39 Å². The van der Waals surface area contributed by atoms with Gasteiger partial charge in [-0.15, -0.1) is 0 Å². The SMILES string of the molecule is CC(C)C(CN)NC(=O)c1ccc(F)c(C(F)(F)F)c1. The number of nitrogens with two attached hydrogens (primary N) is 1. The topological polar surface area (TPSA) is 55.1 Å². The number of carbonyl (C=O) groups excluding carboxylic acids is 1. The van der Waals surface area contributed by atoms with Crippen molar-refractivity contribution in [2.45, 2.75) is 26.1 Å². The number of amides is 1. The molecule has 0 aromatic heterocycles. The average molecular weight is 292 g/mol. The molecule has 20 heavy (non-hydrogen) atoms. The fourth-order valence-electron chi connectivity index (χ4n) is 1.63. The second-order valence-corrected chi connectivity index (χ2v) is 4.75. The second kappa shape index (κ2) is 6.21. The summed E-state index contributed by atoms with van der Waals surface area (Å²) in [6.45, 7) is 3.81. The second-order valence-electron chi connectivity index (χ2n) is 4.75. The summed E-state index contributed by atoms with van der Waals surface area (Å²) in [7, 11) is 0. The number of nitrogens with one attached hydrogen (secondary N) is 1. The fraction of sp³-hybridized carbons (Fsp3) is 0.462. The molecule has 1 aromatic rings. The van der Waals surface area contributed by atoms with Crippen LogP contribution in [0.1, 0.15) is 29.8 Å². The number of halogens is 4. The molecule has 0 aliphatic rings. The van der Waals surface area contributed by atoms with E-state index in [0.717, 1.165) is 6.07 Å². The number of carbonyl (C=O) groups is 1. The Morgan fingerprint density at radius 1 is 1.35 bits per heavy atom. The maximum Gasteiger partial charge on any atom is 0.419 e. The van der Waals surface area contributed by atoms with Crippen LogP contribution in [-0.2, 0) is 6.18 Å². The zero-order chi connectivity index (χ0) is 15.5. The van der Waals surface area contributed by atoms with E-state index in [4.69, 9.17) is 5.73 Å². The third-order valence-corrected chi connectivity index (χ3v) is 2.91. The highest BCUT2D eigenvalue weighted by Crippen LogP contribution is 2.31. The third kappa shape index (κ3) is 3.93. The first-order valence-corrected chi connectivity index (χ1v) is 6.04. The number of hydrogen-bond acceptors (Lipinski definition) is 2. The van der Waals surface area contributed by atoms with Crippen molar-refractivity contribution in [2.24, 2.45) is 11.7 Å². The van der Waals surface area contributed by atoms with Gasteiger partial charge < -0.3 is 11.1 Å². The fourth-order valence-corrected chi connectivity index (χ4v) is 1.63. The highest BCUT2D eigenvalue weighted by atomic mass is 19.4. The molecule has 112 valence electrons. The predicted molar refractivity (Wildman–Crippen MR) is 66.5 cm³/mol. The molecule has 1 unspecified atom stereocenters. The smallest absolute Gasteiger partial charge is 0.348 e. The summed E-state index contributed by atoms with van der Waals surface area (Å²) >= 11 is 0. The number of benzene rings is 1. The van der Waals surface area contributed by atoms with Crippen LogP contribution in [0.15, 0.2) is 18.2 Å². The maximum atomic E-state index is 13.1. The van der Waals surface area contributed by atoms with Crippen molar-refractivity contribution in [3.05, 3.63) is 35.1 Å². The molecule has 0 aliphatic carbocycles. The largest absolute Gasteiger partial charge is 0.419 e. The van der Waals surface area contributed by atoms with Crippen LogP contribution in [0.4, 0.5) is 17.6 Å². The quantitative estimate of drug-likeness (QED) is 0.838. The molecule has 1 atom stereocenters. The molecule has 0 aliphatic heterocycles. The maximum absolute atomic E-state index is 13.1. The van der Waals surface area contributed by atoms with Crippen LogP contribution in [0.2, 0.25) is 0 Å². The molecule has 1 amide bonds. The van der Waals surface area contributed by atoms with Gasteiger partial charge in [0.15, 0.2) is 0 Å². The zero-order valence-corrected chi connectivity index (χ0v) is 11.1. The predicted octanol–water partition coefficient (Wildman–Crippen LogP) is 2.56. The highest BCUT2D eigenvalue weighted by Gasteiger charge is 2.34. The van der Waals surface area contributed by atoms with Crippen LogP contribution >= 0.6 is 0 Å². The van der Waals surface area contributed by atoms with E-state index in [1.54, 1.807) is 0 Å². The van der Waals surface area contributed by atoms with E-state index in [0.29, 0.717) is 12.1 Å². The van der Waals surface area contributed by atoms with E-state index in [1.165, 1.54) is 0 Å². The first kappa shape index (κ1) is 16.4. The number of alkyl halides is 3. The Balaban J connectivity index is 3.00. The minimum absolute atomic E-state index is 0.0338. The first-order chi connectivity index (χ1) is 9.16. The van der Waals surface area contributed by atoms with E-state index in [1.807, 2.05) is 13.8 Å². The van der Waals surface area contributed by atoms with Crippen molar-refractivity contribution in [1.82, 2.24) is 5.32 Å². The minimum atomic E-state index is -4.84. The van der Waals surface area contributed by atoms with Crippen molar-refractivity contribution >= 4 is 5.91 Å². The summed E-state index contributed by atoms with van der Waals surface area (Å²) in [5.74, 6) is -2.08. The lowest BCUT2D eigenvalue weighted by Gasteiger charge is -2.20. The van der Waals surface area contributed by atoms with Gasteiger partial charge >= 0.3 is 6.18 Å². The van der Waals surface area contributed by atoms with Gasteiger partial charge in [-0.2, -0.15) is 13.2 Å². The molecule has 0 spiro atoms. The molecule has 0 saturated carbocycles. The minimum Gasteiger partial charge on any atom is -0.348 e. The van der Waals surface area contributed by atoms with Crippen LogP contribution < -0.4 is 11.1 Å². The number of hydrogen-bond donors (Lipinski definition) is 2. The Morgan fingerprint density at radius 2 is 1.95 bits per heavy atom. The Labute approximate surface area is 114 Å². The molecule has 0 bridgehead atoms. The molecular formula is C13H16F4N2O. The molecule has 1 rings (SSSR count).